The van der Waals surface area contributed by atoms with Crippen LogP contribution in [0.2, 0.25) is 0 Å². The minimum Gasteiger partial charge on any atom is -0.347 e. The van der Waals surface area contributed by atoms with E-state index in [4.69, 9.17) is 20.6 Å². The molecule has 1 spiro atoms. The van der Waals surface area contributed by atoms with E-state index in [2.05, 4.69) is 10.9 Å². The van der Waals surface area contributed by atoms with Crippen LogP contribution in [0, 0.1) is 12.3 Å². The van der Waals surface area contributed by atoms with Crippen molar-refractivity contribution in [2.45, 2.75) is 68.9 Å². The molecule has 128 valence electrons. The van der Waals surface area contributed by atoms with Crippen molar-refractivity contribution in [1.82, 2.24) is 9.55 Å². The monoisotopic (exact) mass is 332 g/mol. The Labute approximate surface area is 138 Å². The Hall–Kier alpha value is -1.88. The minimum absolute atomic E-state index is 0.273. The molecule has 0 bridgehead atoms. The zero-order valence-corrected chi connectivity index (χ0v) is 13.5. The molecule has 1 aromatic heterocycles. The molecular formula is C17H20N2O5. The molecule has 1 aromatic rings. The van der Waals surface area contributed by atoms with Crippen LogP contribution < -0.4 is 11.2 Å². The van der Waals surface area contributed by atoms with Crippen LogP contribution in [0.25, 0.3) is 0 Å². The summed E-state index contributed by atoms with van der Waals surface area (Å²) in [6.45, 7) is 1.98. The smallest absolute Gasteiger partial charge is 0.330 e. The van der Waals surface area contributed by atoms with Crippen LogP contribution in [-0.4, -0.2) is 33.1 Å². The molecule has 2 saturated heterocycles. The Kier molecular flexibility index (Phi) is 3.46. The van der Waals surface area contributed by atoms with Gasteiger partial charge in [0.05, 0.1) is 6.10 Å². The Morgan fingerprint density at radius 2 is 2.17 bits per heavy atom. The summed E-state index contributed by atoms with van der Waals surface area (Å²) in [5.41, 5.74) is -2.22. The fraction of sp³-hybridized carbons (Fsp3) is 0.647. The molecule has 4 rings (SSSR count). The maximum absolute atomic E-state index is 12.2. The summed E-state index contributed by atoms with van der Waals surface area (Å²) in [4.78, 5) is 25.8. The third-order valence-electron chi connectivity index (χ3n) is 5.22. The molecule has 3 heterocycles. The van der Waals surface area contributed by atoms with Gasteiger partial charge in [-0.25, -0.2) is 4.79 Å². The summed E-state index contributed by atoms with van der Waals surface area (Å²) >= 11 is 0. The third kappa shape index (κ3) is 2.04. The molecule has 0 amide bonds. The quantitative estimate of drug-likeness (QED) is 0.814. The van der Waals surface area contributed by atoms with Gasteiger partial charge < -0.3 is 14.2 Å². The Bertz CT molecular complexity index is 800. The second kappa shape index (κ2) is 5.31. The van der Waals surface area contributed by atoms with Crippen molar-refractivity contribution in [3.8, 4) is 12.3 Å². The maximum atomic E-state index is 12.2. The highest BCUT2D eigenvalue weighted by Gasteiger charge is 2.68. The summed E-state index contributed by atoms with van der Waals surface area (Å²) in [6.07, 6.45) is 10.0. The molecule has 1 saturated carbocycles. The van der Waals surface area contributed by atoms with E-state index in [0.29, 0.717) is 6.42 Å². The number of H-pyrrole nitrogens is 1. The van der Waals surface area contributed by atoms with Gasteiger partial charge in [0.1, 0.15) is 6.10 Å². The highest BCUT2D eigenvalue weighted by Crippen LogP contribution is 2.55. The largest absolute Gasteiger partial charge is 0.347 e. The molecule has 4 unspecified atom stereocenters. The van der Waals surface area contributed by atoms with Crippen molar-refractivity contribution in [2.75, 3.05) is 0 Å². The van der Waals surface area contributed by atoms with Gasteiger partial charge >= 0.3 is 5.69 Å². The van der Waals surface area contributed by atoms with Crippen LogP contribution in [0.4, 0.5) is 0 Å². The van der Waals surface area contributed by atoms with Gasteiger partial charge in [-0.05, 0) is 19.3 Å². The minimum atomic E-state index is -1.17. The second-order valence-corrected chi connectivity index (χ2v) is 6.65. The number of aromatic amines is 1. The molecular weight excluding hydrogens is 312 g/mol. The molecule has 24 heavy (non-hydrogen) atoms. The summed E-state index contributed by atoms with van der Waals surface area (Å²) in [5, 5.41) is 0. The van der Waals surface area contributed by atoms with Gasteiger partial charge in [0.25, 0.3) is 5.56 Å². The zero-order valence-electron chi connectivity index (χ0n) is 13.5. The number of fused-ring (bicyclic) bond motifs is 1. The Morgan fingerprint density at radius 3 is 2.79 bits per heavy atom. The van der Waals surface area contributed by atoms with Gasteiger partial charge in [0, 0.05) is 25.1 Å². The number of nitrogens with one attached hydrogen (secondary N) is 1. The Balaban J connectivity index is 1.81. The van der Waals surface area contributed by atoms with Gasteiger partial charge in [-0.15, -0.1) is 6.42 Å². The molecule has 0 radical (unpaired) electrons. The summed E-state index contributed by atoms with van der Waals surface area (Å²) in [6, 6.07) is 1.27. The van der Waals surface area contributed by atoms with Crippen LogP contribution >= 0.6 is 0 Å². The van der Waals surface area contributed by atoms with E-state index >= 15 is 0 Å². The average molecular weight is 332 g/mol. The predicted octanol–water partition coefficient (Wildman–Crippen LogP) is 0.902. The first-order valence-corrected chi connectivity index (χ1v) is 8.36. The average Bonchev–Trinajstić information content (AvgIpc) is 3.22. The highest BCUT2D eigenvalue weighted by atomic mass is 16.8. The second-order valence-electron chi connectivity index (χ2n) is 6.65. The van der Waals surface area contributed by atoms with Gasteiger partial charge in [0.15, 0.2) is 12.0 Å². The molecule has 7 heteroatoms. The van der Waals surface area contributed by atoms with E-state index in [1.807, 2.05) is 6.92 Å². The summed E-state index contributed by atoms with van der Waals surface area (Å²) in [7, 11) is 0. The fourth-order valence-electron chi connectivity index (χ4n) is 4.10. The van der Waals surface area contributed by atoms with Crippen LogP contribution in [0.15, 0.2) is 21.9 Å². The molecule has 7 nitrogen and oxygen atoms in total. The fourth-order valence-corrected chi connectivity index (χ4v) is 4.10. The first-order chi connectivity index (χ1) is 11.5. The molecule has 3 aliphatic rings. The number of hydrogen-bond acceptors (Lipinski definition) is 5. The van der Waals surface area contributed by atoms with Crippen molar-refractivity contribution in [2.24, 2.45) is 0 Å². The summed E-state index contributed by atoms with van der Waals surface area (Å²) < 4.78 is 19.9. The predicted molar refractivity (Wildman–Crippen MR) is 84.2 cm³/mol. The lowest BCUT2D eigenvalue weighted by atomic mass is 9.94. The molecule has 0 aromatic carbocycles. The number of aromatic nitrogens is 2. The van der Waals surface area contributed by atoms with E-state index in [1.165, 1.54) is 16.8 Å². The van der Waals surface area contributed by atoms with E-state index < -0.39 is 35.0 Å². The first kappa shape index (κ1) is 15.6. The van der Waals surface area contributed by atoms with Crippen molar-refractivity contribution >= 4 is 0 Å². The van der Waals surface area contributed by atoms with Gasteiger partial charge in [-0.1, -0.05) is 12.8 Å². The molecule has 1 N–H and O–H groups in total. The third-order valence-corrected chi connectivity index (χ3v) is 5.22. The summed E-state index contributed by atoms with van der Waals surface area (Å²) in [5.74, 6) is 2.04. The first-order valence-electron chi connectivity index (χ1n) is 8.36. The number of hydrogen-bond donors (Lipinski definition) is 1. The van der Waals surface area contributed by atoms with Gasteiger partial charge in [-0.2, -0.15) is 0 Å². The Morgan fingerprint density at radius 1 is 1.42 bits per heavy atom. The van der Waals surface area contributed by atoms with E-state index in [1.54, 1.807) is 0 Å². The van der Waals surface area contributed by atoms with E-state index in [0.717, 1.165) is 25.7 Å². The van der Waals surface area contributed by atoms with Crippen LogP contribution in [-0.2, 0) is 14.2 Å². The lowest BCUT2D eigenvalue weighted by Crippen LogP contribution is -2.46. The van der Waals surface area contributed by atoms with E-state index in [9.17, 15) is 9.59 Å². The van der Waals surface area contributed by atoms with Crippen molar-refractivity contribution in [3.05, 3.63) is 33.1 Å². The topological polar surface area (TPSA) is 82.6 Å². The van der Waals surface area contributed by atoms with Gasteiger partial charge in [0.2, 0.25) is 5.60 Å². The van der Waals surface area contributed by atoms with Crippen LogP contribution in [0.1, 0.15) is 45.3 Å². The SMILES string of the molecule is C#CC12OC3(CCCC3)OC1C(CC)OC2n1ccc(=O)[nH]c1=O. The van der Waals surface area contributed by atoms with Gasteiger partial charge in [-0.3, -0.25) is 14.3 Å². The van der Waals surface area contributed by atoms with Crippen molar-refractivity contribution < 1.29 is 14.2 Å². The molecule has 1 aliphatic carbocycles. The lowest BCUT2D eigenvalue weighted by molar-refractivity contribution is -0.224. The van der Waals surface area contributed by atoms with Crippen molar-refractivity contribution in [1.29, 1.82) is 0 Å². The zero-order chi connectivity index (χ0) is 16.9. The van der Waals surface area contributed by atoms with Crippen molar-refractivity contribution in [3.63, 3.8) is 0 Å². The number of rotatable bonds is 2. The number of ether oxygens (including phenoxy) is 3. The van der Waals surface area contributed by atoms with Crippen LogP contribution in [0.5, 0.6) is 0 Å². The number of nitrogens with zero attached hydrogens (tertiary/aromatic N) is 1. The van der Waals surface area contributed by atoms with E-state index in [-0.39, 0.29) is 6.10 Å². The standard InChI is InChI=1S/C17H20N2O5/c1-3-11-13-17(4-2,24-16(23-13)8-5-6-9-16)14(22-11)19-10-7-12(20)18-15(19)21/h2,7,10-11,13-14H,3,5-6,8-9H2,1H3,(H,18,20,21). The lowest BCUT2D eigenvalue weighted by Gasteiger charge is -2.30. The molecule has 4 atom stereocenters. The molecule has 2 aliphatic heterocycles. The number of terminal acetylenes is 1. The highest BCUT2D eigenvalue weighted by molar-refractivity contribution is 5.24. The normalized spacial score (nSPS) is 36.8. The van der Waals surface area contributed by atoms with Crippen LogP contribution in [0.3, 0.4) is 0 Å². The maximum Gasteiger partial charge on any atom is 0.330 e. The molecule has 3 fully saturated rings.